The summed E-state index contributed by atoms with van der Waals surface area (Å²) in [6.07, 6.45) is 3.80. The van der Waals surface area contributed by atoms with E-state index in [1.54, 1.807) is 0 Å². The minimum atomic E-state index is 0.372. The quantitative estimate of drug-likeness (QED) is 0.849. The van der Waals surface area contributed by atoms with Crippen molar-refractivity contribution in [2.24, 2.45) is 0 Å². The average Bonchev–Trinajstić information content (AvgIpc) is 2.86. The summed E-state index contributed by atoms with van der Waals surface area (Å²) in [6, 6.07) is 6.78. The number of rotatable bonds is 7. The Kier molecular flexibility index (Phi) is 5.39. The van der Waals surface area contributed by atoms with Gasteiger partial charge in [-0.1, -0.05) is 19.1 Å². The second-order valence-electron chi connectivity index (χ2n) is 5.32. The Hall–Kier alpha value is -1.81. The molecule has 1 aromatic heterocycles. The predicted molar refractivity (Wildman–Crippen MR) is 85.7 cm³/mol. The number of benzene rings is 1. The number of ether oxygens (including phenoxy) is 1. The molecule has 1 N–H and O–H groups in total. The Morgan fingerprint density at radius 2 is 2.14 bits per heavy atom. The SMILES string of the molecule is CCNC(C)c1ccc(OCCn2ccnc2C)c(C)c1. The van der Waals surface area contributed by atoms with E-state index < -0.39 is 0 Å². The molecule has 0 aliphatic heterocycles. The van der Waals surface area contributed by atoms with Crippen LogP contribution in [-0.2, 0) is 6.54 Å². The van der Waals surface area contributed by atoms with Crippen molar-refractivity contribution in [3.05, 3.63) is 47.5 Å². The zero-order valence-corrected chi connectivity index (χ0v) is 13.4. The fraction of sp³-hybridized carbons (Fsp3) is 0.471. The van der Waals surface area contributed by atoms with Gasteiger partial charge >= 0.3 is 0 Å². The molecule has 4 nitrogen and oxygen atoms in total. The molecule has 2 rings (SSSR count). The van der Waals surface area contributed by atoms with Crippen molar-refractivity contribution in [3.63, 3.8) is 0 Å². The Balaban J connectivity index is 1.93. The van der Waals surface area contributed by atoms with E-state index in [-0.39, 0.29) is 0 Å². The highest BCUT2D eigenvalue weighted by Crippen LogP contribution is 2.22. The van der Waals surface area contributed by atoms with Crippen molar-refractivity contribution in [1.82, 2.24) is 14.9 Å². The molecule has 1 unspecified atom stereocenters. The highest BCUT2D eigenvalue weighted by molar-refractivity contribution is 5.37. The number of nitrogens with zero attached hydrogens (tertiary/aromatic N) is 2. The molecule has 0 bridgehead atoms. The predicted octanol–water partition coefficient (Wildman–Crippen LogP) is 3.25. The molecule has 0 saturated carbocycles. The number of imidazole rings is 1. The Morgan fingerprint density at radius 1 is 1.33 bits per heavy atom. The molecule has 0 aliphatic rings. The molecule has 1 atom stereocenters. The van der Waals surface area contributed by atoms with Crippen LogP contribution in [0.25, 0.3) is 0 Å². The Bertz CT molecular complexity index is 577. The van der Waals surface area contributed by atoms with Crippen molar-refractivity contribution in [3.8, 4) is 5.75 Å². The fourth-order valence-corrected chi connectivity index (χ4v) is 2.42. The maximum absolute atomic E-state index is 5.89. The van der Waals surface area contributed by atoms with Gasteiger partial charge in [0.25, 0.3) is 0 Å². The second kappa shape index (κ2) is 7.27. The van der Waals surface area contributed by atoms with Gasteiger partial charge in [0.1, 0.15) is 18.2 Å². The van der Waals surface area contributed by atoms with Gasteiger partial charge in [-0.25, -0.2) is 4.98 Å². The molecular formula is C17H25N3O. The lowest BCUT2D eigenvalue weighted by Crippen LogP contribution is -2.17. The van der Waals surface area contributed by atoms with E-state index in [0.29, 0.717) is 12.6 Å². The highest BCUT2D eigenvalue weighted by Gasteiger charge is 2.07. The average molecular weight is 287 g/mol. The van der Waals surface area contributed by atoms with Gasteiger partial charge in [0.15, 0.2) is 0 Å². The standard InChI is InChI=1S/C17H25N3O/c1-5-18-14(3)16-6-7-17(13(2)12-16)21-11-10-20-9-8-19-15(20)4/h6-9,12,14,18H,5,10-11H2,1-4H3. The first kappa shape index (κ1) is 15.6. The number of hydrogen-bond donors (Lipinski definition) is 1. The lowest BCUT2D eigenvalue weighted by Gasteiger charge is -2.16. The third-order valence-electron chi connectivity index (χ3n) is 3.72. The second-order valence-corrected chi connectivity index (χ2v) is 5.32. The maximum Gasteiger partial charge on any atom is 0.122 e. The maximum atomic E-state index is 5.89. The number of hydrogen-bond acceptors (Lipinski definition) is 3. The zero-order valence-electron chi connectivity index (χ0n) is 13.4. The van der Waals surface area contributed by atoms with Crippen LogP contribution in [0.5, 0.6) is 5.75 Å². The summed E-state index contributed by atoms with van der Waals surface area (Å²) in [5.74, 6) is 1.98. The molecule has 0 amide bonds. The van der Waals surface area contributed by atoms with Crippen LogP contribution in [0.3, 0.4) is 0 Å². The lowest BCUT2D eigenvalue weighted by atomic mass is 10.1. The molecular weight excluding hydrogens is 262 g/mol. The van der Waals surface area contributed by atoms with Gasteiger partial charge in [-0.2, -0.15) is 0 Å². The number of aryl methyl sites for hydroxylation is 2. The van der Waals surface area contributed by atoms with Crippen molar-refractivity contribution in [2.75, 3.05) is 13.2 Å². The van der Waals surface area contributed by atoms with E-state index in [1.807, 2.05) is 19.3 Å². The normalized spacial score (nSPS) is 12.4. The van der Waals surface area contributed by atoms with E-state index in [0.717, 1.165) is 24.7 Å². The first-order valence-electron chi connectivity index (χ1n) is 7.56. The third kappa shape index (κ3) is 4.08. The van der Waals surface area contributed by atoms with Crippen LogP contribution in [0.2, 0.25) is 0 Å². The van der Waals surface area contributed by atoms with Gasteiger partial charge in [0, 0.05) is 18.4 Å². The molecule has 1 aromatic carbocycles. The first-order chi connectivity index (χ1) is 10.1. The lowest BCUT2D eigenvalue weighted by molar-refractivity contribution is 0.295. The number of nitrogens with one attached hydrogen (secondary N) is 1. The van der Waals surface area contributed by atoms with Gasteiger partial charge in [-0.15, -0.1) is 0 Å². The van der Waals surface area contributed by atoms with Crippen LogP contribution >= 0.6 is 0 Å². The molecule has 21 heavy (non-hydrogen) atoms. The van der Waals surface area contributed by atoms with E-state index in [4.69, 9.17) is 4.74 Å². The van der Waals surface area contributed by atoms with Gasteiger partial charge in [0.2, 0.25) is 0 Å². The Morgan fingerprint density at radius 3 is 2.76 bits per heavy atom. The van der Waals surface area contributed by atoms with Gasteiger partial charge in [-0.3, -0.25) is 0 Å². The van der Waals surface area contributed by atoms with Crippen molar-refractivity contribution < 1.29 is 4.74 Å². The van der Waals surface area contributed by atoms with Crippen LogP contribution < -0.4 is 10.1 Å². The summed E-state index contributed by atoms with van der Waals surface area (Å²) in [5.41, 5.74) is 2.48. The molecule has 1 heterocycles. The molecule has 0 aliphatic carbocycles. The summed E-state index contributed by atoms with van der Waals surface area (Å²) in [5, 5.41) is 3.43. The molecule has 114 valence electrons. The van der Waals surface area contributed by atoms with Crippen LogP contribution in [0, 0.1) is 13.8 Å². The minimum Gasteiger partial charge on any atom is -0.491 e. The Labute approximate surface area is 127 Å². The van der Waals surface area contributed by atoms with Crippen LogP contribution in [0.4, 0.5) is 0 Å². The zero-order chi connectivity index (χ0) is 15.2. The van der Waals surface area contributed by atoms with Crippen LogP contribution in [0.15, 0.2) is 30.6 Å². The number of aromatic nitrogens is 2. The molecule has 0 radical (unpaired) electrons. The van der Waals surface area contributed by atoms with Crippen molar-refractivity contribution >= 4 is 0 Å². The van der Waals surface area contributed by atoms with Gasteiger partial charge in [-0.05, 0) is 44.5 Å². The van der Waals surface area contributed by atoms with E-state index in [2.05, 4.69) is 53.8 Å². The van der Waals surface area contributed by atoms with E-state index >= 15 is 0 Å². The summed E-state index contributed by atoms with van der Waals surface area (Å²) in [6.45, 7) is 10.9. The third-order valence-corrected chi connectivity index (χ3v) is 3.72. The first-order valence-corrected chi connectivity index (χ1v) is 7.56. The molecule has 0 saturated heterocycles. The largest absolute Gasteiger partial charge is 0.491 e. The van der Waals surface area contributed by atoms with Crippen LogP contribution in [-0.4, -0.2) is 22.7 Å². The van der Waals surface area contributed by atoms with E-state index in [9.17, 15) is 0 Å². The topological polar surface area (TPSA) is 39.1 Å². The monoisotopic (exact) mass is 287 g/mol. The summed E-state index contributed by atoms with van der Waals surface area (Å²) in [7, 11) is 0. The summed E-state index contributed by atoms with van der Waals surface area (Å²) in [4.78, 5) is 4.21. The fourth-order valence-electron chi connectivity index (χ4n) is 2.42. The van der Waals surface area contributed by atoms with Crippen molar-refractivity contribution in [2.45, 2.75) is 40.3 Å². The van der Waals surface area contributed by atoms with E-state index in [1.165, 1.54) is 11.1 Å². The summed E-state index contributed by atoms with van der Waals surface area (Å²) < 4.78 is 7.98. The molecule has 0 spiro atoms. The van der Waals surface area contributed by atoms with Crippen molar-refractivity contribution in [1.29, 1.82) is 0 Å². The van der Waals surface area contributed by atoms with Gasteiger partial charge in [0.05, 0.1) is 6.54 Å². The molecule has 0 fully saturated rings. The smallest absolute Gasteiger partial charge is 0.122 e. The highest BCUT2D eigenvalue weighted by atomic mass is 16.5. The minimum absolute atomic E-state index is 0.372. The van der Waals surface area contributed by atoms with Crippen LogP contribution in [0.1, 0.15) is 36.8 Å². The molecule has 2 aromatic rings. The van der Waals surface area contributed by atoms with Gasteiger partial charge < -0.3 is 14.6 Å². The molecule has 4 heteroatoms. The summed E-state index contributed by atoms with van der Waals surface area (Å²) >= 11 is 0.